The van der Waals surface area contributed by atoms with Gasteiger partial charge >= 0.3 is 0 Å². The first-order valence-corrected chi connectivity index (χ1v) is 6.92. The monoisotopic (exact) mass is 248 g/mol. The van der Waals surface area contributed by atoms with Crippen molar-refractivity contribution >= 4 is 0 Å². The minimum Gasteiger partial charge on any atom is -0.374 e. The number of benzene rings is 1. The van der Waals surface area contributed by atoms with Crippen molar-refractivity contribution in [3.05, 3.63) is 35.9 Å². The number of nitrogens with zero attached hydrogens (tertiary/aromatic N) is 1. The molecule has 1 fully saturated rings. The lowest BCUT2D eigenvalue weighted by atomic mass is 10.1. The molecule has 3 heteroatoms. The summed E-state index contributed by atoms with van der Waals surface area (Å²) in [6.07, 6.45) is 0.324. The van der Waals surface area contributed by atoms with E-state index in [2.05, 4.69) is 54.4 Å². The topological polar surface area (TPSA) is 24.5 Å². The van der Waals surface area contributed by atoms with E-state index in [1.807, 2.05) is 0 Å². The molecule has 0 bridgehead atoms. The first-order chi connectivity index (χ1) is 8.79. The maximum Gasteiger partial charge on any atom is 0.0826 e. The fourth-order valence-corrected chi connectivity index (χ4v) is 2.36. The maximum atomic E-state index is 5.79. The van der Waals surface area contributed by atoms with Crippen molar-refractivity contribution in [2.24, 2.45) is 0 Å². The zero-order valence-electron chi connectivity index (χ0n) is 11.4. The van der Waals surface area contributed by atoms with Crippen LogP contribution >= 0.6 is 0 Å². The molecule has 100 valence electrons. The predicted molar refractivity (Wildman–Crippen MR) is 74.7 cm³/mol. The summed E-state index contributed by atoms with van der Waals surface area (Å²) in [7, 11) is 0. The molecule has 0 saturated carbocycles. The van der Waals surface area contributed by atoms with Gasteiger partial charge in [0.2, 0.25) is 0 Å². The highest BCUT2D eigenvalue weighted by molar-refractivity contribution is 5.17. The first kappa shape index (κ1) is 13.5. The summed E-state index contributed by atoms with van der Waals surface area (Å²) in [6, 6.07) is 10.9. The third-order valence-corrected chi connectivity index (χ3v) is 3.62. The van der Waals surface area contributed by atoms with Crippen LogP contribution < -0.4 is 5.32 Å². The fraction of sp³-hybridized carbons (Fsp3) is 0.600. The molecular weight excluding hydrogens is 224 g/mol. The zero-order chi connectivity index (χ0) is 12.8. The average molecular weight is 248 g/mol. The Bertz CT molecular complexity index is 342. The van der Waals surface area contributed by atoms with Crippen molar-refractivity contribution in [3.8, 4) is 0 Å². The molecule has 3 nitrogen and oxygen atoms in total. The zero-order valence-corrected chi connectivity index (χ0v) is 11.4. The summed E-state index contributed by atoms with van der Waals surface area (Å²) in [6.45, 7) is 9.44. The lowest BCUT2D eigenvalue weighted by Gasteiger charge is -2.32. The molecule has 1 aromatic rings. The Morgan fingerprint density at radius 2 is 2.17 bits per heavy atom. The van der Waals surface area contributed by atoms with Gasteiger partial charge in [-0.25, -0.2) is 0 Å². The van der Waals surface area contributed by atoms with E-state index in [4.69, 9.17) is 4.74 Å². The van der Waals surface area contributed by atoms with E-state index < -0.39 is 0 Å². The molecule has 1 aliphatic heterocycles. The van der Waals surface area contributed by atoms with E-state index >= 15 is 0 Å². The minimum atomic E-state index is 0.324. The van der Waals surface area contributed by atoms with E-state index in [0.717, 1.165) is 32.8 Å². The second kappa shape index (κ2) is 6.88. The SMILES string of the molecule is CCN1CCOC(CNC(C)c2ccccc2)C1. The van der Waals surface area contributed by atoms with Crippen LogP contribution in [0.5, 0.6) is 0 Å². The van der Waals surface area contributed by atoms with Crippen LogP contribution in [0.15, 0.2) is 30.3 Å². The van der Waals surface area contributed by atoms with Crippen molar-refractivity contribution in [1.29, 1.82) is 0 Å². The molecule has 0 aliphatic carbocycles. The van der Waals surface area contributed by atoms with Gasteiger partial charge in [0.05, 0.1) is 12.7 Å². The minimum absolute atomic E-state index is 0.324. The van der Waals surface area contributed by atoms with Gasteiger partial charge in [0, 0.05) is 25.7 Å². The molecule has 0 amide bonds. The first-order valence-electron chi connectivity index (χ1n) is 6.92. The number of nitrogens with one attached hydrogen (secondary N) is 1. The molecule has 1 aliphatic rings. The molecule has 1 heterocycles. The number of ether oxygens (including phenoxy) is 1. The molecule has 2 rings (SSSR count). The predicted octanol–water partition coefficient (Wildman–Crippen LogP) is 2.06. The lowest BCUT2D eigenvalue weighted by molar-refractivity contribution is -0.0261. The van der Waals surface area contributed by atoms with Gasteiger partial charge in [-0.05, 0) is 19.0 Å². The van der Waals surface area contributed by atoms with Crippen LogP contribution in [-0.2, 0) is 4.74 Å². The maximum absolute atomic E-state index is 5.79. The van der Waals surface area contributed by atoms with Crippen LogP contribution in [0.1, 0.15) is 25.5 Å². The van der Waals surface area contributed by atoms with Crippen LogP contribution in [0.3, 0.4) is 0 Å². The number of rotatable bonds is 5. The summed E-state index contributed by atoms with van der Waals surface area (Å²) in [5.74, 6) is 0. The smallest absolute Gasteiger partial charge is 0.0826 e. The van der Waals surface area contributed by atoms with Crippen LogP contribution in [0.4, 0.5) is 0 Å². The van der Waals surface area contributed by atoms with Crippen molar-refractivity contribution in [2.45, 2.75) is 26.0 Å². The Balaban J connectivity index is 1.77. The molecular formula is C15H24N2O. The van der Waals surface area contributed by atoms with E-state index in [0.29, 0.717) is 12.1 Å². The van der Waals surface area contributed by atoms with Gasteiger partial charge in [-0.2, -0.15) is 0 Å². The summed E-state index contributed by atoms with van der Waals surface area (Å²) in [5, 5.41) is 3.56. The van der Waals surface area contributed by atoms with Gasteiger partial charge in [0.1, 0.15) is 0 Å². The average Bonchev–Trinajstić information content (AvgIpc) is 2.46. The molecule has 1 N–H and O–H groups in total. The van der Waals surface area contributed by atoms with Crippen molar-refractivity contribution in [2.75, 3.05) is 32.8 Å². The van der Waals surface area contributed by atoms with Gasteiger partial charge in [-0.15, -0.1) is 0 Å². The standard InChI is InChI=1S/C15H24N2O/c1-3-17-9-10-18-15(12-17)11-16-13(2)14-7-5-4-6-8-14/h4-8,13,15-16H,3,9-12H2,1-2H3. The van der Waals surface area contributed by atoms with Crippen LogP contribution in [0, 0.1) is 0 Å². The summed E-state index contributed by atoms with van der Waals surface area (Å²) in [4.78, 5) is 2.45. The highest BCUT2D eigenvalue weighted by atomic mass is 16.5. The molecule has 0 radical (unpaired) electrons. The van der Waals surface area contributed by atoms with Crippen molar-refractivity contribution < 1.29 is 4.74 Å². The Morgan fingerprint density at radius 3 is 2.89 bits per heavy atom. The molecule has 0 spiro atoms. The van der Waals surface area contributed by atoms with E-state index in [9.17, 15) is 0 Å². The molecule has 0 aromatic heterocycles. The number of hydrogen-bond donors (Lipinski definition) is 1. The van der Waals surface area contributed by atoms with Gasteiger partial charge in [0.15, 0.2) is 0 Å². The Morgan fingerprint density at radius 1 is 1.39 bits per heavy atom. The molecule has 2 atom stereocenters. The van der Waals surface area contributed by atoms with E-state index in [1.54, 1.807) is 0 Å². The third kappa shape index (κ3) is 3.80. The number of likely N-dealkylation sites (N-methyl/N-ethyl adjacent to an activating group) is 1. The molecule has 1 aromatic carbocycles. The number of hydrogen-bond acceptors (Lipinski definition) is 3. The summed E-state index contributed by atoms with van der Waals surface area (Å²) >= 11 is 0. The van der Waals surface area contributed by atoms with Gasteiger partial charge < -0.3 is 10.1 Å². The normalized spacial score (nSPS) is 22.9. The van der Waals surface area contributed by atoms with E-state index in [-0.39, 0.29) is 0 Å². The Labute approximate surface area is 110 Å². The summed E-state index contributed by atoms with van der Waals surface area (Å²) < 4.78 is 5.79. The van der Waals surface area contributed by atoms with Crippen LogP contribution in [0.2, 0.25) is 0 Å². The quantitative estimate of drug-likeness (QED) is 0.863. The molecule has 1 saturated heterocycles. The Hall–Kier alpha value is -0.900. The number of morpholine rings is 1. The third-order valence-electron chi connectivity index (χ3n) is 3.62. The fourth-order valence-electron chi connectivity index (χ4n) is 2.36. The van der Waals surface area contributed by atoms with Crippen LogP contribution in [0.25, 0.3) is 0 Å². The Kier molecular flexibility index (Phi) is 5.17. The highest BCUT2D eigenvalue weighted by Gasteiger charge is 2.19. The van der Waals surface area contributed by atoms with E-state index in [1.165, 1.54) is 5.56 Å². The van der Waals surface area contributed by atoms with Gasteiger partial charge in [-0.1, -0.05) is 37.3 Å². The van der Waals surface area contributed by atoms with Crippen LogP contribution in [-0.4, -0.2) is 43.8 Å². The molecule has 2 unspecified atom stereocenters. The largest absolute Gasteiger partial charge is 0.374 e. The van der Waals surface area contributed by atoms with Gasteiger partial charge in [-0.3, -0.25) is 4.90 Å². The second-order valence-corrected chi connectivity index (χ2v) is 4.93. The van der Waals surface area contributed by atoms with Crippen molar-refractivity contribution in [3.63, 3.8) is 0 Å². The van der Waals surface area contributed by atoms with Crippen molar-refractivity contribution in [1.82, 2.24) is 10.2 Å². The highest BCUT2D eigenvalue weighted by Crippen LogP contribution is 2.12. The molecule has 18 heavy (non-hydrogen) atoms. The summed E-state index contributed by atoms with van der Waals surface area (Å²) in [5.41, 5.74) is 1.33. The lowest BCUT2D eigenvalue weighted by Crippen LogP contribution is -2.46. The second-order valence-electron chi connectivity index (χ2n) is 4.93. The van der Waals surface area contributed by atoms with Gasteiger partial charge in [0.25, 0.3) is 0 Å².